The van der Waals surface area contributed by atoms with Gasteiger partial charge in [0.15, 0.2) is 12.4 Å². The molecular formula is C62H71NO9. The molecule has 1 N–H and O–H groups in total. The second-order valence-electron chi connectivity index (χ2n) is 22.5. The van der Waals surface area contributed by atoms with Crippen molar-refractivity contribution in [1.82, 2.24) is 0 Å². The van der Waals surface area contributed by atoms with Crippen molar-refractivity contribution >= 4 is 35.0 Å². The van der Waals surface area contributed by atoms with Gasteiger partial charge in [-0.25, -0.2) is 9.59 Å². The zero-order valence-electron chi connectivity index (χ0n) is 43.0. The van der Waals surface area contributed by atoms with Crippen molar-refractivity contribution in [1.29, 1.82) is 5.26 Å². The van der Waals surface area contributed by atoms with E-state index in [4.69, 9.17) is 18.9 Å². The van der Waals surface area contributed by atoms with Gasteiger partial charge in [0.05, 0.1) is 7.11 Å². The van der Waals surface area contributed by atoms with Gasteiger partial charge in [-0.2, -0.15) is 5.26 Å². The Labute approximate surface area is 425 Å². The molecule has 0 heterocycles. The molecule has 4 aromatic rings. The van der Waals surface area contributed by atoms with Gasteiger partial charge in [0.2, 0.25) is 0 Å². The zero-order chi connectivity index (χ0) is 51.4. The molecule has 0 aromatic heterocycles. The van der Waals surface area contributed by atoms with Gasteiger partial charge in [-0.15, -0.1) is 0 Å². The predicted molar refractivity (Wildman–Crippen MR) is 277 cm³/mol. The Bertz CT molecular complexity index is 2650. The number of carbonyl (C=O) groups is 4. The Morgan fingerprint density at radius 3 is 1.97 bits per heavy atom. The number of aliphatic hydroxyl groups is 1. The van der Waals surface area contributed by atoms with Gasteiger partial charge < -0.3 is 24.1 Å². The van der Waals surface area contributed by atoms with Crippen molar-refractivity contribution in [2.45, 2.75) is 123 Å². The molecular weight excluding hydrogens is 903 g/mol. The number of rotatable bonds is 15. The molecule has 6 unspecified atom stereocenters. The van der Waals surface area contributed by atoms with Crippen LogP contribution in [0.15, 0.2) is 121 Å². The van der Waals surface area contributed by atoms with Crippen LogP contribution in [0.3, 0.4) is 0 Å². The molecule has 0 saturated heterocycles. The molecule has 4 aliphatic carbocycles. The van der Waals surface area contributed by atoms with E-state index in [1.165, 1.54) is 13.2 Å². The van der Waals surface area contributed by atoms with E-state index in [9.17, 15) is 29.5 Å². The van der Waals surface area contributed by atoms with E-state index in [1.807, 2.05) is 72.8 Å². The topological polar surface area (TPSA) is 149 Å². The van der Waals surface area contributed by atoms with Crippen molar-refractivity contribution < 1.29 is 43.2 Å². The summed E-state index contributed by atoms with van der Waals surface area (Å²) in [6.45, 7) is 13.1. The maximum absolute atomic E-state index is 14.2. The first-order valence-electron chi connectivity index (χ1n) is 25.9. The number of aliphatic hydroxyl groups excluding tert-OH is 1. The molecule has 0 amide bonds. The average molecular weight is 974 g/mol. The molecule has 10 heteroatoms. The van der Waals surface area contributed by atoms with Gasteiger partial charge in [0, 0.05) is 35.1 Å². The second kappa shape index (κ2) is 21.7. The van der Waals surface area contributed by atoms with Gasteiger partial charge >= 0.3 is 17.9 Å². The summed E-state index contributed by atoms with van der Waals surface area (Å²) in [6.07, 6.45) is 8.39. The normalized spacial score (nSPS) is 27.1. The first kappa shape index (κ1) is 51.9. The number of nitrogens with zero attached hydrogens (tertiary/aromatic N) is 1. The predicted octanol–water partition coefficient (Wildman–Crippen LogP) is 12.9. The lowest BCUT2D eigenvalue weighted by Crippen LogP contribution is -2.59. The van der Waals surface area contributed by atoms with Gasteiger partial charge in [0.25, 0.3) is 0 Å². The number of methoxy groups -OCH3 is 1. The summed E-state index contributed by atoms with van der Waals surface area (Å²) in [6, 6.07) is 35.2. The standard InChI is InChI=1S/C62H71NO9/c1-39(18-29-55(66)69-7)49-27-28-50-58-51(31-33-62(49,50)6)61(5)32-30-47(71-59(68)48(37-63)57(42-14-10-8-11-15-42)43-16-12-9-13-17-43)34-45(61)35-54(58)72-56(67)38-70-46-25-21-41(22-26-46)53(65)36-52(64)40-19-23-44(24-20-40)60(2,3)4/h8-17,19-26,36,39,45,47,49-51,54,58,64H,18,27-35,38H2,1-7H3/b52-36-/t39?,45-,47?,49?,50+,51?,54+,58-,61?,62?/m1/s1. The minimum absolute atomic E-state index is 0.00504. The lowest BCUT2D eigenvalue weighted by atomic mass is 9.43. The number of allylic oxidation sites excluding steroid dienone is 1. The fraction of sp³-hybridized carbons (Fsp3) is 0.468. The molecule has 0 bridgehead atoms. The van der Waals surface area contributed by atoms with Crippen molar-refractivity contribution in [3.8, 4) is 11.8 Å². The van der Waals surface area contributed by atoms with Crippen molar-refractivity contribution in [2.75, 3.05) is 13.7 Å². The van der Waals surface area contributed by atoms with Crippen LogP contribution < -0.4 is 4.74 Å². The van der Waals surface area contributed by atoms with E-state index in [-0.39, 0.29) is 63.7 Å². The summed E-state index contributed by atoms with van der Waals surface area (Å²) in [7, 11) is 1.44. The smallest absolute Gasteiger partial charge is 0.349 e. The molecule has 4 fully saturated rings. The van der Waals surface area contributed by atoms with E-state index < -0.39 is 24.1 Å². The maximum Gasteiger partial charge on any atom is 0.349 e. The van der Waals surface area contributed by atoms with Crippen LogP contribution in [0.2, 0.25) is 0 Å². The van der Waals surface area contributed by atoms with Crippen LogP contribution >= 0.6 is 0 Å². The van der Waals surface area contributed by atoms with Crippen LogP contribution in [0.5, 0.6) is 5.75 Å². The van der Waals surface area contributed by atoms with Gasteiger partial charge in [0.1, 0.15) is 35.4 Å². The summed E-state index contributed by atoms with van der Waals surface area (Å²) in [5.41, 5.74) is 3.92. The highest BCUT2D eigenvalue weighted by molar-refractivity contribution is 6.08. The third kappa shape index (κ3) is 11.0. The van der Waals surface area contributed by atoms with E-state index in [1.54, 1.807) is 36.4 Å². The van der Waals surface area contributed by atoms with Crippen LogP contribution in [-0.4, -0.2) is 54.7 Å². The Hall–Kier alpha value is -6.47. The molecule has 10 nitrogen and oxygen atoms in total. The van der Waals surface area contributed by atoms with E-state index in [0.29, 0.717) is 65.9 Å². The summed E-state index contributed by atoms with van der Waals surface area (Å²) in [5.74, 6) is 0.146. The Morgan fingerprint density at radius 1 is 0.750 bits per heavy atom. The number of hydrogen-bond acceptors (Lipinski definition) is 10. The molecule has 4 aromatic carbocycles. The highest BCUT2D eigenvalue weighted by atomic mass is 16.6. The Balaban J connectivity index is 0.991. The van der Waals surface area contributed by atoms with Crippen LogP contribution in [0.4, 0.5) is 0 Å². The molecule has 8 rings (SSSR count). The van der Waals surface area contributed by atoms with E-state index in [2.05, 4.69) is 47.6 Å². The van der Waals surface area contributed by atoms with Crippen LogP contribution in [-0.2, 0) is 34.0 Å². The number of fused-ring (bicyclic) bond motifs is 5. The molecule has 0 spiro atoms. The zero-order valence-corrected chi connectivity index (χ0v) is 43.0. The van der Waals surface area contributed by atoms with Crippen LogP contribution in [0.25, 0.3) is 11.3 Å². The van der Waals surface area contributed by atoms with Crippen LogP contribution in [0, 0.1) is 57.7 Å². The number of nitriles is 1. The molecule has 378 valence electrons. The molecule has 72 heavy (non-hydrogen) atoms. The third-order valence-corrected chi connectivity index (χ3v) is 17.5. The first-order valence-corrected chi connectivity index (χ1v) is 25.9. The average Bonchev–Trinajstić information content (AvgIpc) is 3.74. The van der Waals surface area contributed by atoms with Crippen molar-refractivity contribution in [3.05, 3.63) is 149 Å². The number of carbonyl (C=O) groups excluding carboxylic acids is 4. The van der Waals surface area contributed by atoms with Gasteiger partial charge in [-0.3, -0.25) is 9.59 Å². The lowest BCUT2D eigenvalue weighted by Gasteiger charge is -2.62. The Kier molecular flexibility index (Phi) is 15.6. The first-order chi connectivity index (χ1) is 34.4. The van der Waals surface area contributed by atoms with Crippen molar-refractivity contribution in [3.63, 3.8) is 0 Å². The molecule has 4 aliphatic rings. The monoisotopic (exact) mass is 974 g/mol. The fourth-order valence-corrected chi connectivity index (χ4v) is 13.6. The van der Waals surface area contributed by atoms with Crippen molar-refractivity contribution in [2.24, 2.45) is 46.3 Å². The summed E-state index contributed by atoms with van der Waals surface area (Å²) >= 11 is 0. The largest absolute Gasteiger partial charge is 0.507 e. The SMILES string of the molecule is COC(=O)CCC(C)C1CC[C@H]2[C@@H]3C(CCC12C)C1(C)CCC(OC(=O)C(C#N)=C(c2ccccc2)c2ccccc2)C[C@@H]1C[C@@H]3OC(=O)COc1ccc(C(=O)/C=C(\O)c2ccc(C(C)(C)C)cc2)cc1. The number of benzene rings is 4. The number of esters is 3. The van der Waals surface area contributed by atoms with E-state index in [0.717, 1.165) is 55.2 Å². The highest BCUT2D eigenvalue weighted by Crippen LogP contribution is 2.69. The van der Waals surface area contributed by atoms with E-state index >= 15 is 0 Å². The molecule has 0 radical (unpaired) electrons. The summed E-state index contributed by atoms with van der Waals surface area (Å²) in [4.78, 5) is 53.6. The summed E-state index contributed by atoms with van der Waals surface area (Å²) in [5, 5.41) is 21.3. The second-order valence-corrected chi connectivity index (χ2v) is 22.5. The van der Waals surface area contributed by atoms with Gasteiger partial charge in [-0.05, 0) is 145 Å². The Morgan fingerprint density at radius 2 is 1.36 bits per heavy atom. The maximum atomic E-state index is 14.2. The minimum Gasteiger partial charge on any atom is -0.507 e. The molecule has 0 aliphatic heterocycles. The van der Waals surface area contributed by atoms with Crippen LogP contribution in [0.1, 0.15) is 138 Å². The summed E-state index contributed by atoms with van der Waals surface area (Å²) < 4.78 is 24.0. The number of ketones is 1. The molecule has 4 saturated carbocycles. The number of hydrogen-bond donors (Lipinski definition) is 1. The highest BCUT2D eigenvalue weighted by Gasteiger charge is 2.64. The molecule has 10 atom stereocenters. The number of ether oxygens (including phenoxy) is 4. The third-order valence-electron chi connectivity index (χ3n) is 17.5. The van der Waals surface area contributed by atoms with Gasteiger partial charge in [-0.1, -0.05) is 126 Å². The minimum atomic E-state index is -0.636. The lowest BCUT2D eigenvalue weighted by molar-refractivity contribution is -0.199. The fourth-order valence-electron chi connectivity index (χ4n) is 13.6. The quantitative estimate of drug-likeness (QED) is 0.0305.